The molecule has 5 heteroatoms. The zero-order valence-electron chi connectivity index (χ0n) is 26.4. The first-order chi connectivity index (χ1) is 24.2. The van der Waals surface area contributed by atoms with Crippen LogP contribution in [0.5, 0.6) is 0 Å². The van der Waals surface area contributed by atoms with Crippen LogP contribution in [-0.4, -0.2) is 15.0 Å². The zero-order valence-corrected chi connectivity index (χ0v) is 26.4. The van der Waals surface area contributed by atoms with Crippen molar-refractivity contribution in [2.24, 2.45) is 0 Å². The quantitative estimate of drug-likeness (QED) is 0.210. The molecule has 2 aromatic heterocycles. The number of nitrogens with one attached hydrogen (secondary N) is 1. The first-order valence-corrected chi connectivity index (χ1v) is 16.5. The van der Waals surface area contributed by atoms with E-state index in [4.69, 9.17) is 19.4 Å². The standard InChI is InChI=1S/C44H28N4O/c1-3-9-29-23-33(17-15-27(29)7-1)42-46-43(34-18-16-28-8-2-4-10-30(28)24-34)48-44(47-42)37-13-5-11-31-25-32(19-20-35(31)37)36-12-6-14-40-41(36)38-26-45-22-21-39(38)49-40/h1-25,45H,26H2. The third-order valence-corrected chi connectivity index (χ3v) is 9.56. The fraction of sp³-hybridized carbons (Fsp3) is 0.0227. The van der Waals surface area contributed by atoms with Crippen LogP contribution in [0.3, 0.4) is 0 Å². The van der Waals surface area contributed by atoms with E-state index in [2.05, 4.69) is 139 Å². The zero-order chi connectivity index (χ0) is 32.3. The molecule has 1 aliphatic heterocycles. The topological polar surface area (TPSA) is 63.8 Å². The molecule has 0 atom stereocenters. The molecule has 0 saturated carbocycles. The largest absolute Gasteiger partial charge is 0.456 e. The third-order valence-electron chi connectivity index (χ3n) is 9.56. The van der Waals surface area contributed by atoms with Crippen molar-refractivity contribution in [2.45, 2.75) is 6.54 Å². The summed E-state index contributed by atoms with van der Waals surface area (Å²) in [7, 11) is 0. The molecule has 10 rings (SSSR count). The average Bonchev–Trinajstić information content (AvgIpc) is 3.56. The molecule has 9 aromatic rings. The van der Waals surface area contributed by atoms with Gasteiger partial charge in [0.1, 0.15) is 11.3 Å². The molecular weight excluding hydrogens is 601 g/mol. The van der Waals surface area contributed by atoms with Gasteiger partial charge in [-0.25, -0.2) is 15.0 Å². The van der Waals surface area contributed by atoms with E-state index in [1.54, 1.807) is 0 Å². The van der Waals surface area contributed by atoms with Crippen molar-refractivity contribution in [3.8, 4) is 45.3 Å². The van der Waals surface area contributed by atoms with Gasteiger partial charge < -0.3 is 9.73 Å². The van der Waals surface area contributed by atoms with Gasteiger partial charge in [0.2, 0.25) is 0 Å². The number of hydrogen-bond acceptors (Lipinski definition) is 5. The summed E-state index contributed by atoms with van der Waals surface area (Å²) in [6.45, 7) is 0.742. The highest BCUT2D eigenvalue weighted by atomic mass is 16.3. The SMILES string of the molecule is C1=Cc2oc3cccc(-c4ccc5c(-c6nc(-c7ccc8ccccc8c7)nc(-c7ccc8ccccc8c7)n6)cccc5c4)c3c2CN1. The minimum absolute atomic E-state index is 0.642. The maximum Gasteiger partial charge on any atom is 0.164 e. The van der Waals surface area contributed by atoms with Crippen molar-refractivity contribution >= 4 is 49.4 Å². The Balaban J connectivity index is 1.15. The molecular formula is C44H28N4O. The molecule has 0 radical (unpaired) electrons. The third kappa shape index (κ3) is 4.67. The van der Waals surface area contributed by atoms with Crippen molar-refractivity contribution in [1.29, 1.82) is 0 Å². The molecule has 0 amide bonds. The second-order valence-corrected chi connectivity index (χ2v) is 12.5. The predicted octanol–water partition coefficient (Wildman–Crippen LogP) is 10.8. The van der Waals surface area contributed by atoms with Gasteiger partial charge >= 0.3 is 0 Å². The molecule has 7 aromatic carbocycles. The monoisotopic (exact) mass is 628 g/mol. The van der Waals surface area contributed by atoms with Crippen molar-refractivity contribution < 1.29 is 4.42 Å². The Morgan fingerprint density at radius 1 is 0.490 bits per heavy atom. The van der Waals surface area contributed by atoms with Crippen LogP contribution in [0.2, 0.25) is 0 Å². The Hall–Kier alpha value is -6.59. The van der Waals surface area contributed by atoms with Gasteiger partial charge in [0.25, 0.3) is 0 Å². The second-order valence-electron chi connectivity index (χ2n) is 12.5. The van der Waals surface area contributed by atoms with E-state index in [9.17, 15) is 0 Å². The lowest BCUT2D eigenvalue weighted by molar-refractivity contribution is 0.592. The number of aromatic nitrogens is 3. The van der Waals surface area contributed by atoms with Crippen LogP contribution in [0, 0.1) is 0 Å². The van der Waals surface area contributed by atoms with Crippen molar-refractivity contribution in [2.75, 3.05) is 0 Å². The van der Waals surface area contributed by atoms with Gasteiger partial charge in [0.15, 0.2) is 17.5 Å². The number of nitrogens with zero attached hydrogens (tertiary/aromatic N) is 3. The van der Waals surface area contributed by atoms with Gasteiger partial charge in [-0.1, -0.05) is 115 Å². The van der Waals surface area contributed by atoms with Gasteiger partial charge in [0.05, 0.1) is 0 Å². The summed E-state index contributed by atoms with van der Waals surface area (Å²) >= 11 is 0. The molecule has 0 spiro atoms. The summed E-state index contributed by atoms with van der Waals surface area (Å²) in [6.07, 6.45) is 3.95. The molecule has 1 aliphatic rings. The van der Waals surface area contributed by atoms with Crippen LogP contribution in [-0.2, 0) is 6.54 Å². The predicted molar refractivity (Wildman–Crippen MR) is 200 cm³/mol. The Morgan fingerprint density at radius 2 is 1.08 bits per heavy atom. The van der Waals surface area contributed by atoms with E-state index >= 15 is 0 Å². The summed E-state index contributed by atoms with van der Waals surface area (Å²) < 4.78 is 6.21. The van der Waals surface area contributed by atoms with Crippen LogP contribution in [0.1, 0.15) is 11.3 Å². The van der Waals surface area contributed by atoms with Gasteiger partial charge in [-0.3, -0.25) is 0 Å². The van der Waals surface area contributed by atoms with Gasteiger partial charge in [-0.2, -0.15) is 0 Å². The maximum absolute atomic E-state index is 6.21. The van der Waals surface area contributed by atoms with Crippen LogP contribution in [0.25, 0.3) is 94.7 Å². The molecule has 5 nitrogen and oxygen atoms in total. The molecule has 49 heavy (non-hydrogen) atoms. The fourth-order valence-electron chi connectivity index (χ4n) is 7.13. The Morgan fingerprint density at radius 3 is 1.82 bits per heavy atom. The molecule has 0 fully saturated rings. The van der Waals surface area contributed by atoms with E-state index in [0.717, 1.165) is 72.6 Å². The minimum atomic E-state index is 0.642. The highest BCUT2D eigenvalue weighted by Crippen LogP contribution is 2.39. The average molecular weight is 629 g/mol. The molecule has 3 heterocycles. The van der Waals surface area contributed by atoms with E-state index in [1.807, 2.05) is 18.3 Å². The summed E-state index contributed by atoms with van der Waals surface area (Å²) in [5.74, 6) is 2.85. The van der Waals surface area contributed by atoms with Crippen molar-refractivity contribution in [1.82, 2.24) is 20.3 Å². The fourth-order valence-corrected chi connectivity index (χ4v) is 7.13. The number of benzene rings is 7. The lowest BCUT2D eigenvalue weighted by atomic mass is 9.94. The first kappa shape index (κ1) is 27.5. The number of hydrogen-bond donors (Lipinski definition) is 1. The Kier molecular flexibility index (Phi) is 6.18. The lowest BCUT2D eigenvalue weighted by Crippen LogP contribution is -2.08. The van der Waals surface area contributed by atoms with Crippen LogP contribution in [0.4, 0.5) is 0 Å². The van der Waals surface area contributed by atoms with Crippen molar-refractivity contribution in [3.05, 3.63) is 157 Å². The molecule has 0 bridgehead atoms. The van der Waals surface area contributed by atoms with Gasteiger partial charge in [-0.05, 0) is 73.8 Å². The second kappa shape index (κ2) is 11.0. The Labute approximate surface area is 282 Å². The van der Waals surface area contributed by atoms with E-state index in [1.165, 1.54) is 16.3 Å². The number of furan rings is 1. The van der Waals surface area contributed by atoms with Crippen molar-refractivity contribution in [3.63, 3.8) is 0 Å². The molecule has 230 valence electrons. The van der Waals surface area contributed by atoms with Gasteiger partial charge in [-0.15, -0.1) is 0 Å². The summed E-state index contributed by atoms with van der Waals surface area (Å²) in [5.41, 5.74) is 7.25. The van der Waals surface area contributed by atoms with Crippen LogP contribution < -0.4 is 5.32 Å². The van der Waals surface area contributed by atoms with Crippen LogP contribution >= 0.6 is 0 Å². The van der Waals surface area contributed by atoms with Gasteiger partial charge in [0, 0.05) is 40.4 Å². The molecule has 0 unspecified atom stereocenters. The van der Waals surface area contributed by atoms with E-state index < -0.39 is 0 Å². The molecule has 0 aliphatic carbocycles. The number of fused-ring (bicyclic) bond motifs is 6. The molecule has 0 saturated heterocycles. The minimum Gasteiger partial charge on any atom is -0.456 e. The lowest BCUT2D eigenvalue weighted by Gasteiger charge is -2.13. The highest BCUT2D eigenvalue weighted by molar-refractivity contribution is 6.03. The normalized spacial score (nSPS) is 12.5. The highest BCUT2D eigenvalue weighted by Gasteiger charge is 2.19. The summed E-state index contributed by atoms with van der Waals surface area (Å²) in [5, 5.41) is 11.3. The molecule has 1 N–H and O–H groups in total. The number of rotatable bonds is 4. The first-order valence-electron chi connectivity index (χ1n) is 16.5. The summed E-state index contributed by atoms with van der Waals surface area (Å²) in [4.78, 5) is 15.3. The smallest absolute Gasteiger partial charge is 0.164 e. The Bertz CT molecular complexity index is 2700. The summed E-state index contributed by atoms with van der Waals surface area (Å²) in [6, 6.07) is 48.8. The van der Waals surface area contributed by atoms with E-state index in [-0.39, 0.29) is 0 Å². The van der Waals surface area contributed by atoms with E-state index in [0.29, 0.717) is 17.5 Å². The van der Waals surface area contributed by atoms with Crippen LogP contribution in [0.15, 0.2) is 150 Å². The maximum atomic E-state index is 6.21.